The van der Waals surface area contributed by atoms with Gasteiger partial charge in [0.2, 0.25) is 0 Å². The molecule has 0 spiro atoms. The summed E-state index contributed by atoms with van der Waals surface area (Å²) in [7, 11) is 0. The fourth-order valence-electron chi connectivity index (χ4n) is 5.62. The summed E-state index contributed by atoms with van der Waals surface area (Å²) in [5, 5.41) is 42.5. The van der Waals surface area contributed by atoms with Gasteiger partial charge in [-0.1, -0.05) is 48.5 Å². The first-order valence-corrected chi connectivity index (χ1v) is 13.9. The van der Waals surface area contributed by atoms with Crippen LogP contribution in [0.15, 0.2) is 72.8 Å². The highest BCUT2D eigenvalue weighted by atomic mass is 16.5. The van der Waals surface area contributed by atoms with E-state index in [1.165, 1.54) is 48.2 Å². The van der Waals surface area contributed by atoms with E-state index in [0.29, 0.717) is 11.7 Å². The molecule has 2 aliphatic rings. The number of ether oxygens (including phenoxy) is 1. The van der Waals surface area contributed by atoms with E-state index in [0.717, 1.165) is 31.7 Å². The lowest BCUT2D eigenvalue weighted by atomic mass is 9.69. The Labute approximate surface area is 239 Å². The zero-order valence-electron chi connectivity index (χ0n) is 22.8. The number of benzene rings is 3. The number of fused-ring (bicyclic) bond motifs is 1. The number of aliphatic hydroxyl groups excluding tert-OH is 2. The Morgan fingerprint density at radius 2 is 1.49 bits per heavy atom. The molecule has 5 N–H and O–H groups in total. The van der Waals surface area contributed by atoms with Crippen molar-refractivity contribution in [3.63, 3.8) is 0 Å². The maximum Gasteiger partial charge on any atom is 0.335 e. The molecule has 1 fully saturated rings. The normalized spacial score (nSPS) is 19.8. The molecular formula is C32H37NO8. The lowest BCUT2D eigenvalue weighted by molar-refractivity contribution is -0.165. The number of carbonyl (C=O) groups is 2. The standard InChI is InChI=1S/C28H31NO2.C4H6O6/c30-24-11-15-27-23(20-24)10-14-26(21-6-2-1-3-7-21)28(27)22-8-12-25(13-9-22)31-19-18-29-16-4-5-17-29;5-1(3(7)8)2(6)4(9)10/h1-3,6-9,11-13,15,20,26,28,30H,4-5,10,14,16-19H2;1-2,5-6H,(H,7,8)(H,9,10)/t26-,28+;1-,2-/m00/s1. The summed E-state index contributed by atoms with van der Waals surface area (Å²) in [6.07, 6.45) is 0.182. The lowest BCUT2D eigenvalue weighted by Gasteiger charge is -2.35. The summed E-state index contributed by atoms with van der Waals surface area (Å²) < 4.78 is 6.03. The van der Waals surface area contributed by atoms with Gasteiger partial charge < -0.3 is 30.3 Å². The molecule has 218 valence electrons. The van der Waals surface area contributed by atoms with E-state index >= 15 is 0 Å². The van der Waals surface area contributed by atoms with Crippen molar-refractivity contribution in [2.75, 3.05) is 26.2 Å². The van der Waals surface area contributed by atoms with Gasteiger partial charge in [-0.15, -0.1) is 0 Å². The Morgan fingerprint density at radius 1 is 0.854 bits per heavy atom. The summed E-state index contributed by atoms with van der Waals surface area (Å²) in [5.74, 6) is -1.52. The van der Waals surface area contributed by atoms with Crippen LogP contribution >= 0.6 is 0 Å². The number of aliphatic carboxylic acids is 2. The predicted octanol–water partition coefficient (Wildman–Crippen LogP) is 3.61. The molecule has 3 aromatic rings. The van der Waals surface area contributed by atoms with Crippen molar-refractivity contribution in [1.82, 2.24) is 4.90 Å². The van der Waals surface area contributed by atoms with E-state index in [4.69, 9.17) is 25.2 Å². The quantitative estimate of drug-likeness (QED) is 0.263. The van der Waals surface area contributed by atoms with Gasteiger partial charge in [-0.05, 0) is 91.2 Å². The minimum atomic E-state index is -2.27. The Balaban J connectivity index is 0.000000334. The fourth-order valence-corrected chi connectivity index (χ4v) is 5.62. The van der Waals surface area contributed by atoms with E-state index in [2.05, 4.69) is 65.6 Å². The number of nitrogens with zero attached hydrogens (tertiary/aromatic N) is 1. The van der Waals surface area contributed by atoms with Crippen LogP contribution in [-0.2, 0) is 16.0 Å². The van der Waals surface area contributed by atoms with Gasteiger partial charge in [0.1, 0.15) is 18.1 Å². The average Bonchev–Trinajstić information content (AvgIpc) is 3.50. The van der Waals surface area contributed by atoms with Gasteiger partial charge in [-0.3, -0.25) is 4.90 Å². The molecule has 0 unspecified atom stereocenters. The first kappa shape index (κ1) is 30.0. The maximum absolute atomic E-state index is 10.0. The molecule has 1 aliphatic carbocycles. The summed E-state index contributed by atoms with van der Waals surface area (Å²) >= 11 is 0. The topological polar surface area (TPSA) is 148 Å². The maximum atomic E-state index is 10.0. The molecule has 9 heteroatoms. The first-order chi connectivity index (χ1) is 19.7. The lowest BCUT2D eigenvalue weighted by Crippen LogP contribution is -2.39. The molecule has 0 aromatic heterocycles. The van der Waals surface area contributed by atoms with Crippen molar-refractivity contribution in [3.8, 4) is 11.5 Å². The van der Waals surface area contributed by atoms with Crippen molar-refractivity contribution in [2.24, 2.45) is 0 Å². The highest BCUT2D eigenvalue weighted by Gasteiger charge is 2.32. The van der Waals surface area contributed by atoms with E-state index in [-0.39, 0.29) is 5.92 Å². The molecule has 1 heterocycles. The van der Waals surface area contributed by atoms with Crippen LogP contribution in [0.25, 0.3) is 0 Å². The van der Waals surface area contributed by atoms with Crippen LogP contribution in [0.4, 0.5) is 0 Å². The van der Waals surface area contributed by atoms with E-state index in [1.807, 2.05) is 12.1 Å². The number of phenolic OH excluding ortho intramolecular Hbond substituents is 1. The number of aliphatic hydroxyl groups is 2. The molecule has 41 heavy (non-hydrogen) atoms. The van der Waals surface area contributed by atoms with Crippen LogP contribution in [-0.4, -0.2) is 80.8 Å². The summed E-state index contributed by atoms with van der Waals surface area (Å²) in [4.78, 5) is 22.0. The highest BCUT2D eigenvalue weighted by Crippen LogP contribution is 2.47. The smallest absolute Gasteiger partial charge is 0.335 e. The molecule has 0 bridgehead atoms. The van der Waals surface area contributed by atoms with E-state index in [1.54, 1.807) is 0 Å². The molecular weight excluding hydrogens is 526 g/mol. The summed E-state index contributed by atoms with van der Waals surface area (Å²) in [6, 6.07) is 25.4. The third kappa shape index (κ3) is 7.85. The van der Waals surface area contributed by atoms with Crippen LogP contribution < -0.4 is 4.74 Å². The molecule has 4 atom stereocenters. The highest BCUT2D eigenvalue weighted by molar-refractivity contribution is 5.83. The van der Waals surface area contributed by atoms with Crippen LogP contribution in [0, 0.1) is 0 Å². The minimum absolute atomic E-state index is 0.283. The molecule has 9 nitrogen and oxygen atoms in total. The van der Waals surface area contributed by atoms with Crippen LogP contribution in [0.3, 0.4) is 0 Å². The fraction of sp³-hybridized carbons (Fsp3) is 0.375. The second-order valence-electron chi connectivity index (χ2n) is 10.4. The van der Waals surface area contributed by atoms with Crippen molar-refractivity contribution in [2.45, 2.75) is 49.7 Å². The van der Waals surface area contributed by atoms with Crippen molar-refractivity contribution in [3.05, 3.63) is 95.1 Å². The minimum Gasteiger partial charge on any atom is -0.508 e. The number of carboxylic acids is 2. The average molecular weight is 564 g/mol. The van der Waals surface area contributed by atoms with Crippen LogP contribution in [0.1, 0.15) is 53.4 Å². The zero-order chi connectivity index (χ0) is 29.4. The second-order valence-corrected chi connectivity index (χ2v) is 10.4. The third-order valence-electron chi connectivity index (χ3n) is 7.74. The Kier molecular flexibility index (Phi) is 10.3. The van der Waals surface area contributed by atoms with Crippen LogP contribution in [0.2, 0.25) is 0 Å². The Hall–Kier alpha value is -3.92. The van der Waals surface area contributed by atoms with Gasteiger partial charge in [0.05, 0.1) is 0 Å². The van der Waals surface area contributed by atoms with Gasteiger partial charge in [-0.25, -0.2) is 9.59 Å². The number of aromatic hydroxyl groups is 1. The van der Waals surface area contributed by atoms with E-state index in [9.17, 15) is 14.7 Å². The number of hydrogen-bond donors (Lipinski definition) is 5. The SMILES string of the molecule is O=C(O)[C@@H](O)[C@H](O)C(=O)O.Oc1ccc2c(c1)CC[C@@H](c1ccccc1)[C@H]2c1ccc(OCCN2CCCC2)cc1. The molecule has 1 aliphatic heterocycles. The molecule has 0 amide bonds. The van der Waals surface area contributed by atoms with Gasteiger partial charge in [0.25, 0.3) is 0 Å². The van der Waals surface area contributed by atoms with Gasteiger partial charge in [0.15, 0.2) is 12.2 Å². The van der Waals surface area contributed by atoms with Crippen molar-refractivity contribution < 1.29 is 39.9 Å². The summed E-state index contributed by atoms with van der Waals surface area (Å²) in [5.41, 5.74) is 5.30. The molecule has 3 aromatic carbocycles. The third-order valence-corrected chi connectivity index (χ3v) is 7.74. The number of hydrogen-bond acceptors (Lipinski definition) is 7. The number of rotatable bonds is 9. The van der Waals surface area contributed by atoms with Gasteiger partial charge in [0, 0.05) is 12.5 Å². The zero-order valence-corrected chi connectivity index (χ0v) is 22.8. The van der Waals surface area contributed by atoms with Gasteiger partial charge in [-0.2, -0.15) is 0 Å². The first-order valence-electron chi connectivity index (χ1n) is 13.9. The number of aryl methyl sites for hydroxylation is 1. The Bertz CT molecular complexity index is 1270. The molecule has 1 saturated heterocycles. The molecule has 0 radical (unpaired) electrons. The van der Waals surface area contributed by atoms with Crippen molar-refractivity contribution in [1.29, 1.82) is 0 Å². The number of likely N-dealkylation sites (tertiary alicyclic amines) is 1. The van der Waals surface area contributed by atoms with E-state index < -0.39 is 24.1 Å². The predicted molar refractivity (Wildman–Crippen MR) is 152 cm³/mol. The van der Waals surface area contributed by atoms with Crippen molar-refractivity contribution >= 4 is 11.9 Å². The van der Waals surface area contributed by atoms with Crippen LogP contribution in [0.5, 0.6) is 11.5 Å². The Morgan fingerprint density at radius 3 is 2.10 bits per heavy atom. The largest absolute Gasteiger partial charge is 0.508 e. The second kappa shape index (κ2) is 14.1. The molecule has 0 saturated carbocycles. The monoisotopic (exact) mass is 563 g/mol. The number of phenols is 1. The summed E-state index contributed by atoms with van der Waals surface area (Å²) in [6.45, 7) is 4.18. The molecule has 5 rings (SSSR count). The van der Waals surface area contributed by atoms with Gasteiger partial charge >= 0.3 is 11.9 Å². The number of carboxylic acid groups (broad SMARTS) is 2.